The summed E-state index contributed by atoms with van der Waals surface area (Å²) in [5, 5.41) is 0. The largest absolute Gasteiger partial charge is 0.398 e. The molecule has 0 heterocycles. The maximum atomic E-state index is 12.0. The number of carbonyl (C=O) groups is 1. The van der Waals surface area contributed by atoms with Crippen molar-refractivity contribution in [2.24, 2.45) is 0 Å². The average molecular weight is 287 g/mol. The van der Waals surface area contributed by atoms with Crippen LogP contribution in [0.15, 0.2) is 22.7 Å². The normalized spacial score (nSPS) is 10.2. The van der Waals surface area contributed by atoms with Gasteiger partial charge in [0.05, 0.1) is 12.2 Å². The molecule has 16 heavy (non-hydrogen) atoms. The molecule has 1 aromatic carbocycles. The van der Waals surface area contributed by atoms with E-state index in [4.69, 9.17) is 10.5 Å². The van der Waals surface area contributed by atoms with Gasteiger partial charge in [-0.05, 0) is 18.2 Å². The Balaban J connectivity index is 2.83. The minimum absolute atomic E-state index is 0.101. The smallest absolute Gasteiger partial charge is 0.255 e. The van der Waals surface area contributed by atoms with Gasteiger partial charge in [-0.25, -0.2) is 0 Å². The van der Waals surface area contributed by atoms with E-state index >= 15 is 0 Å². The molecule has 1 aromatic rings. The van der Waals surface area contributed by atoms with Crippen LogP contribution in [0.2, 0.25) is 0 Å². The maximum absolute atomic E-state index is 12.0. The number of anilines is 1. The van der Waals surface area contributed by atoms with Gasteiger partial charge in [0.2, 0.25) is 0 Å². The predicted molar refractivity (Wildman–Crippen MR) is 67.4 cm³/mol. The van der Waals surface area contributed by atoms with Crippen LogP contribution >= 0.6 is 15.9 Å². The van der Waals surface area contributed by atoms with Crippen molar-refractivity contribution in [2.45, 2.75) is 0 Å². The molecule has 0 spiro atoms. The summed E-state index contributed by atoms with van der Waals surface area (Å²) in [4.78, 5) is 13.6. The highest BCUT2D eigenvalue weighted by molar-refractivity contribution is 9.10. The van der Waals surface area contributed by atoms with E-state index in [0.29, 0.717) is 24.4 Å². The van der Waals surface area contributed by atoms with Crippen LogP contribution in [0.5, 0.6) is 0 Å². The molecule has 0 aliphatic rings. The van der Waals surface area contributed by atoms with E-state index in [0.717, 1.165) is 4.47 Å². The average Bonchev–Trinajstić information content (AvgIpc) is 2.28. The molecule has 0 aromatic heterocycles. The van der Waals surface area contributed by atoms with Crippen LogP contribution < -0.4 is 5.73 Å². The second-order valence-electron chi connectivity index (χ2n) is 3.45. The zero-order valence-corrected chi connectivity index (χ0v) is 11.0. The van der Waals surface area contributed by atoms with Gasteiger partial charge < -0.3 is 15.4 Å². The fourth-order valence-corrected chi connectivity index (χ4v) is 1.61. The number of nitrogens with two attached hydrogens (primary N) is 1. The lowest BCUT2D eigenvalue weighted by Gasteiger charge is -2.17. The third-order valence-corrected chi connectivity index (χ3v) is 2.72. The summed E-state index contributed by atoms with van der Waals surface area (Å²) in [6, 6.07) is 5.24. The number of likely N-dealkylation sites (N-methyl/N-ethyl adjacent to an activating group) is 1. The predicted octanol–water partition coefficient (Wildman–Crippen LogP) is 1.75. The molecular weight excluding hydrogens is 272 g/mol. The minimum Gasteiger partial charge on any atom is -0.398 e. The van der Waals surface area contributed by atoms with Crippen LogP contribution in [0.1, 0.15) is 10.4 Å². The Bertz CT molecular complexity index is 382. The number of hydrogen-bond acceptors (Lipinski definition) is 3. The molecule has 0 unspecified atom stereocenters. The summed E-state index contributed by atoms with van der Waals surface area (Å²) in [6.07, 6.45) is 0. The number of nitrogens with zero attached hydrogens (tertiary/aromatic N) is 1. The van der Waals surface area contributed by atoms with Crippen molar-refractivity contribution in [3.63, 3.8) is 0 Å². The Morgan fingerprint density at radius 1 is 1.56 bits per heavy atom. The SMILES string of the molecule is COCCN(C)C(=O)c1cc(Br)ccc1N. The lowest BCUT2D eigenvalue weighted by atomic mass is 10.1. The number of benzene rings is 1. The highest BCUT2D eigenvalue weighted by Crippen LogP contribution is 2.19. The summed E-state index contributed by atoms with van der Waals surface area (Å²) in [5.41, 5.74) is 6.75. The molecule has 5 heteroatoms. The second-order valence-corrected chi connectivity index (χ2v) is 4.37. The molecule has 0 radical (unpaired) electrons. The molecule has 1 rings (SSSR count). The van der Waals surface area contributed by atoms with E-state index in [1.54, 1.807) is 37.3 Å². The van der Waals surface area contributed by atoms with Crippen molar-refractivity contribution in [1.82, 2.24) is 4.90 Å². The van der Waals surface area contributed by atoms with Crippen LogP contribution in [0.25, 0.3) is 0 Å². The van der Waals surface area contributed by atoms with Gasteiger partial charge in [-0.2, -0.15) is 0 Å². The van der Waals surface area contributed by atoms with Gasteiger partial charge in [0.1, 0.15) is 0 Å². The molecule has 0 saturated carbocycles. The first-order valence-corrected chi connectivity index (χ1v) is 5.65. The lowest BCUT2D eigenvalue weighted by molar-refractivity contribution is 0.0745. The van der Waals surface area contributed by atoms with Crippen LogP contribution in [-0.4, -0.2) is 38.1 Å². The Hall–Kier alpha value is -1.07. The zero-order valence-electron chi connectivity index (χ0n) is 9.37. The van der Waals surface area contributed by atoms with Gasteiger partial charge in [0, 0.05) is 30.9 Å². The Labute approximate surface area is 103 Å². The monoisotopic (exact) mass is 286 g/mol. The number of hydrogen-bond donors (Lipinski definition) is 1. The van der Waals surface area contributed by atoms with E-state index in [-0.39, 0.29) is 5.91 Å². The van der Waals surface area contributed by atoms with E-state index in [9.17, 15) is 4.79 Å². The number of nitrogen functional groups attached to an aromatic ring is 1. The highest BCUT2D eigenvalue weighted by Gasteiger charge is 2.14. The van der Waals surface area contributed by atoms with Gasteiger partial charge in [-0.3, -0.25) is 4.79 Å². The van der Waals surface area contributed by atoms with Gasteiger partial charge in [0.25, 0.3) is 5.91 Å². The lowest BCUT2D eigenvalue weighted by Crippen LogP contribution is -2.30. The van der Waals surface area contributed by atoms with Crippen molar-refractivity contribution in [1.29, 1.82) is 0 Å². The second kappa shape index (κ2) is 5.86. The minimum atomic E-state index is -0.101. The van der Waals surface area contributed by atoms with Gasteiger partial charge in [0.15, 0.2) is 0 Å². The van der Waals surface area contributed by atoms with Crippen molar-refractivity contribution in [3.8, 4) is 0 Å². The quantitative estimate of drug-likeness (QED) is 0.858. The first-order valence-electron chi connectivity index (χ1n) is 4.85. The fourth-order valence-electron chi connectivity index (χ4n) is 1.25. The zero-order chi connectivity index (χ0) is 12.1. The Kier molecular flexibility index (Phi) is 4.76. The first-order chi connectivity index (χ1) is 7.56. The molecule has 4 nitrogen and oxygen atoms in total. The standard InChI is InChI=1S/C11H15BrN2O2/c1-14(5-6-16-2)11(15)9-7-8(12)3-4-10(9)13/h3-4,7H,5-6,13H2,1-2H3. The van der Waals surface area contributed by atoms with Crippen molar-refractivity contribution < 1.29 is 9.53 Å². The summed E-state index contributed by atoms with van der Waals surface area (Å²) in [6.45, 7) is 1.05. The number of carbonyl (C=O) groups excluding carboxylic acids is 1. The van der Waals surface area contributed by atoms with Crippen molar-refractivity contribution in [3.05, 3.63) is 28.2 Å². The van der Waals surface area contributed by atoms with Gasteiger partial charge in [-0.15, -0.1) is 0 Å². The van der Waals surface area contributed by atoms with Crippen LogP contribution in [-0.2, 0) is 4.74 Å². The summed E-state index contributed by atoms with van der Waals surface area (Å²) in [7, 11) is 3.33. The molecule has 0 atom stereocenters. The summed E-state index contributed by atoms with van der Waals surface area (Å²) >= 11 is 3.32. The Morgan fingerprint density at radius 2 is 2.25 bits per heavy atom. The van der Waals surface area contributed by atoms with Crippen LogP contribution in [0.3, 0.4) is 0 Å². The third-order valence-electron chi connectivity index (χ3n) is 2.22. The van der Waals surface area contributed by atoms with Gasteiger partial charge >= 0.3 is 0 Å². The molecular formula is C11H15BrN2O2. The van der Waals surface area contributed by atoms with Crippen molar-refractivity contribution in [2.75, 3.05) is 33.0 Å². The van der Waals surface area contributed by atoms with E-state index in [1.807, 2.05) is 0 Å². The topological polar surface area (TPSA) is 55.6 Å². The number of methoxy groups -OCH3 is 1. The molecule has 0 saturated heterocycles. The summed E-state index contributed by atoms with van der Waals surface area (Å²) < 4.78 is 5.76. The number of halogens is 1. The van der Waals surface area contributed by atoms with Crippen molar-refractivity contribution >= 4 is 27.5 Å². The summed E-state index contributed by atoms with van der Waals surface area (Å²) in [5.74, 6) is -0.101. The van der Waals surface area contributed by atoms with Crippen LogP contribution in [0, 0.1) is 0 Å². The Morgan fingerprint density at radius 3 is 2.88 bits per heavy atom. The molecule has 0 aliphatic heterocycles. The van der Waals surface area contributed by atoms with E-state index < -0.39 is 0 Å². The van der Waals surface area contributed by atoms with E-state index in [2.05, 4.69) is 15.9 Å². The number of ether oxygens (including phenoxy) is 1. The number of rotatable bonds is 4. The molecule has 1 amide bonds. The maximum Gasteiger partial charge on any atom is 0.255 e. The molecule has 0 bridgehead atoms. The third kappa shape index (κ3) is 3.21. The first kappa shape index (κ1) is 13.0. The highest BCUT2D eigenvalue weighted by atomic mass is 79.9. The van der Waals surface area contributed by atoms with Crippen LogP contribution in [0.4, 0.5) is 5.69 Å². The molecule has 88 valence electrons. The molecule has 2 N–H and O–H groups in total. The number of amides is 1. The molecule has 0 aliphatic carbocycles. The van der Waals surface area contributed by atoms with E-state index in [1.165, 1.54) is 0 Å². The van der Waals surface area contributed by atoms with Gasteiger partial charge in [-0.1, -0.05) is 15.9 Å². The fraction of sp³-hybridized carbons (Fsp3) is 0.364. The molecule has 0 fully saturated rings.